The molecule has 1 aromatic heterocycles. The van der Waals surface area contributed by atoms with Crippen LogP contribution in [-0.4, -0.2) is 9.36 Å². The van der Waals surface area contributed by atoms with Crippen LogP contribution in [-0.2, 0) is 3.79 Å². The van der Waals surface area contributed by atoms with Gasteiger partial charge in [-0.15, -0.1) is 0 Å². The van der Waals surface area contributed by atoms with Gasteiger partial charge in [-0.25, -0.2) is 4.98 Å². The van der Waals surface area contributed by atoms with Gasteiger partial charge in [0.1, 0.15) is 5.01 Å². The minimum atomic E-state index is -1.48. The Morgan fingerprint density at radius 3 is 2.20 bits per heavy atom. The molecule has 1 rings (SSSR count). The Hall–Kier alpha value is 0.430. The molecule has 0 saturated carbocycles. The number of alkyl halides is 3. The van der Waals surface area contributed by atoms with E-state index in [0.29, 0.717) is 0 Å². The summed E-state index contributed by atoms with van der Waals surface area (Å²) in [6, 6.07) is 0. The molecule has 0 aliphatic heterocycles. The Bertz CT molecular complexity index is 229. The first-order chi connectivity index (χ1) is 4.50. The predicted octanol–water partition coefficient (Wildman–Crippen LogP) is 2.67. The summed E-state index contributed by atoms with van der Waals surface area (Å²) in [5.41, 5.74) is 0. The molecule has 10 heavy (non-hydrogen) atoms. The molecular formula is C4H3Cl3N2S. The van der Waals surface area contributed by atoms with E-state index in [9.17, 15) is 0 Å². The molecule has 0 N–H and O–H groups in total. The van der Waals surface area contributed by atoms with Gasteiger partial charge in [-0.3, -0.25) is 0 Å². The molecule has 0 aliphatic carbocycles. The summed E-state index contributed by atoms with van der Waals surface area (Å²) < 4.78 is 2.34. The van der Waals surface area contributed by atoms with E-state index in [4.69, 9.17) is 34.8 Å². The van der Waals surface area contributed by atoms with E-state index in [1.807, 2.05) is 0 Å². The van der Waals surface area contributed by atoms with Crippen LogP contribution in [0.3, 0.4) is 0 Å². The third-order valence-electron chi connectivity index (χ3n) is 0.781. The third kappa shape index (κ3) is 1.95. The minimum Gasteiger partial charge on any atom is -0.221 e. The van der Waals surface area contributed by atoms with Gasteiger partial charge in [0.15, 0.2) is 5.82 Å². The minimum absolute atomic E-state index is 0.250. The average Bonchev–Trinajstić information content (AvgIpc) is 2.11. The van der Waals surface area contributed by atoms with E-state index < -0.39 is 3.79 Å². The van der Waals surface area contributed by atoms with Gasteiger partial charge in [0.25, 0.3) is 3.79 Å². The van der Waals surface area contributed by atoms with Crippen LogP contribution >= 0.6 is 46.3 Å². The number of hydrogen-bond donors (Lipinski definition) is 0. The van der Waals surface area contributed by atoms with Crippen LogP contribution in [0.5, 0.6) is 0 Å². The van der Waals surface area contributed by atoms with Gasteiger partial charge in [-0.05, 0) is 18.5 Å². The second-order valence-corrected chi connectivity index (χ2v) is 4.87. The lowest BCUT2D eigenvalue weighted by Gasteiger charge is -2.02. The zero-order valence-corrected chi connectivity index (χ0v) is 8.02. The summed E-state index contributed by atoms with van der Waals surface area (Å²) in [5, 5.41) is 0.793. The number of rotatable bonds is 0. The summed E-state index contributed by atoms with van der Waals surface area (Å²) >= 11 is 17.7. The summed E-state index contributed by atoms with van der Waals surface area (Å²) in [6.07, 6.45) is 0. The summed E-state index contributed by atoms with van der Waals surface area (Å²) in [6.45, 7) is 1.80. The number of nitrogens with zero attached hydrogens (tertiary/aromatic N) is 2. The first kappa shape index (κ1) is 8.53. The largest absolute Gasteiger partial charge is 0.251 e. The Labute approximate surface area is 77.3 Å². The molecule has 2 nitrogen and oxygen atoms in total. The molecule has 0 spiro atoms. The molecule has 0 amide bonds. The van der Waals surface area contributed by atoms with Gasteiger partial charge < -0.3 is 0 Å². The van der Waals surface area contributed by atoms with Gasteiger partial charge in [0.2, 0.25) is 0 Å². The highest BCUT2D eigenvalue weighted by molar-refractivity contribution is 7.05. The third-order valence-corrected chi connectivity index (χ3v) is 1.91. The maximum absolute atomic E-state index is 5.48. The van der Waals surface area contributed by atoms with Gasteiger partial charge >= 0.3 is 0 Å². The van der Waals surface area contributed by atoms with Gasteiger partial charge in [0, 0.05) is 0 Å². The fourth-order valence-electron chi connectivity index (χ4n) is 0.414. The number of aryl methyl sites for hydroxylation is 1. The molecule has 0 aromatic carbocycles. The lowest BCUT2D eigenvalue weighted by molar-refractivity contribution is 1.03. The van der Waals surface area contributed by atoms with Crippen LogP contribution in [0, 0.1) is 6.92 Å². The van der Waals surface area contributed by atoms with Gasteiger partial charge in [-0.1, -0.05) is 34.8 Å². The summed E-state index contributed by atoms with van der Waals surface area (Å²) in [7, 11) is 0. The van der Waals surface area contributed by atoms with Crippen molar-refractivity contribution in [3.8, 4) is 0 Å². The Morgan fingerprint density at radius 1 is 1.40 bits per heavy atom. The van der Waals surface area contributed by atoms with Crippen LogP contribution in [0.15, 0.2) is 0 Å². The number of halogens is 3. The molecule has 0 radical (unpaired) electrons. The summed E-state index contributed by atoms with van der Waals surface area (Å²) in [4.78, 5) is 3.89. The van der Waals surface area contributed by atoms with E-state index in [2.05, 4.69) is 9.36 Å². The molecule has 1 heterocycles. The van der Waals surface area contributed by atoms with E-state index >= 15 is 0 Å². The van der Waals surface area contributed by atoms with Crippen molar-refractivity contribution in [1.82, 2.24) is 9.36 Å². The molecule has 1 aromatic rings. The predicted molar refractivity (Wildman–Crippen MR) is 43.9 cm³/mol. The number of aromatic nitrogens is 2. The van der Waals surface area contributed by atoms with E-state index in [-0.39, 0.29) is 5.82 Å². The van der Waals surface area contributed by atoms with Crippen molar-refractivity contribution in [2.24, 2.45) is 0 Å². The smallest absolute Gasteiger partial charge is 0.221 e. The second kappa shape index (κ2) is 2.81. The first-order valence-electron chi connectivity index (χ1n) is 2.37. The maximum atomic E-state index is 5.48. The van der Waals surface area contributed by atoms with Crippen molar-refractivity contribution >= 4 is 46.3 Å². The fraction of sp³-hybridized carbons (Fsp3) is 0.500. The molecule has 0 saturated heterocycles. The quantitative estimate of drug-likeness (QED) is 0.625. The average molecular weight is 218 g/mol. The normalized spacial score (nSPS) is 12.0. The maximum Gasteiger partial charge on any atom is 0.251 e. The molecule has 0 bridgehead atoms. The van der Waals surface area contributed by atoms with Gasteiger partial charge in [0.05, 0.1) is 0 Å². The standard InChI is InChI=1S/C4H3Cl3N2S/c1-2-8-3(9-10-2)4(5,6)7/h1H3. The zero-order valence-electron chi connectivity index (χ0n) is 4.94. The van der Waals surface area contributed by atoms with E-state index in [0.717, 1.165) is 5.01 Å². The summed E-state index contributed by atoms with van der Waals surface area (Å²) in [5.74, 6) is 0.250. The van der Waals surface area contributed by atoms with Gasteiger partial charge in [-0.2, -0.15) is 4.37 Å². The van der Waals surface area contributed by atoms with Crippen LogP contribution < -0.4 is 0 Å². The molecular weight excluding hydrogens is 214 g/mol. The highest BCUT2D eigenvalue weighted by Crippen LogP contribution is 2.36. The van der Waals surface area contributed by atoms with Crippen molar-refractivity contribution < 1.29 is 0 Å². The molecule has 0 unspecified atom stereocenters. The lowest BCUT2D eigenvalue weighted by atomic mass is 10.7. The second-order valence-electron chi connectivity index (χ2n) is 1.63. The SMILES string of the molecule is Cc1nc(C(Cl)(Cl)Cl)ns1. The lowest BCUT2D eigenvalue weighted by Crippen LogP contribution is -2.02. The Kier molecular flexibility index (Phi) is 2.40. The molecule has 56 valence electrons. The molecule has 0 atom stereocenters. The first-order valence-corrected chi connectivity index (χ1v) is 4.28. The monoisotopic (exact) mass is 216 g/mol. The molecule has 0 aliphatic rings. The van der Waals surface area contributed by atoms with Crippen LogP contribution in [0.2, 0.25) is 0 Å². The number of hydrogen-bond acceptors (Lipinski definition) is 3. The van der Waals surface area contributed by atoms with Crippen molar-refractivity contribution in [2.75, 3.05) is 0 Å². The van der Waals surface area contributed by atoms with Crippen LogP contribution in [0.4, 0.5) is 0 Å². The highest BCUT2D eigenvalue weighted by Gasteiger charge is 2.27. The Morgan fingerprint density at radius 2 is 2.00 bits per heavy atom. The molecule has 6 heteroatoms. The van der Waals surface area contributed by atoms with E-state index in [1.54, 1.807) is 6.92 Å². The van der Waals surface area contributed by atoms with Crippen molar-refractivity contribution in [3.63, 3.8) is 0 Å². The van der Waals surface area contributed by atoms with Crippen LogP contribution in [0.1, 0.15) is 10.8 Å². The zero-order chi connectivity index (χ0) is 7.78. The fourth-order valence-corrected chi connectivity index (χ4v) is 1.34. The Balaban J connectivity index is 2.96. The molecule has 0 fully saturated rings. The van der Waals surface area contributed by atoms with Crippen molar-refractivity contribution in [2.45, 2.75) is 10.7 Å². The van der Waals surface area contributed by atoms with Crippen molar-refractivity contribution in [1.29, 1.82) is 0 Å². The van der Waals surface area contributed by atoms with Crippen LogP contribution in [0.25, 0.3) is 0 Å². The van der Waals surface area contributed by atoms with E-state index in [1.165, 1.54) is 11.5 Å². The van der Waals surface area contributed by atoms with Crippen molar-refractivity contribution in [3.05, 3.63) is 10.8 Å². The topological polar surface area (TPSA) is 25.8 Å². The highest BCUT2D eigenvalue weighted by atomic mass is 35.6.